The van der Waals surface area contributed by atoms with Crippen molar-refractivity contribution in [3.05, 3.63) is 0 Å². The van der Waals surface area contributed by atoms with Gasteiger partial charge in [-0.05, 0) is 26.2 Å². The lowest BCUT2D eigenvalue weighted by molar-refractivity contribution is -0.153. The van der Waals surface area contributed by atoms with Crippen molar-refractivity contribution in [1.82, 2.24) is 0 Å². The zero-order chi connectivity index (χ0) is 12.7. The summed E-state index contributed by atoms with van der Waals surface area (Å²) in [5.74, 6) is -0.595. The van der Waals surface area contributed by atoms with Crippen LogP contribution in [0.15, 0.2) is 0 Å². The Balaban J connectivity index is 2.61. The summed E-state index contributed by atoms with van der Waals surface area (Å²) in [5, 5.41) is 0. The first kappa shape index (κ1) is 14.2. The third-order valence-corrected chi connectivity index (χ3v) is 3.50. The molecule has 0 aromatic rings. The van der Waals surface area contributed by atoms with E-state index in [1.54, 1.807) is 6.92 Å². The summed E-state index contributed by atoms with van der Waals surface area (Å²) in [6.45, 7) is 4.14. The normalized spacial score (nSPS) is 18.7. The molecule has 0 aromatic heterocycles. The zero-order valence-corrected chi connectivity index (χ0v) is 11.0. The van der Waals surface area contributed by atoms with Crippen molar-refractivity contribution in [2.75, 3.05) is 6.61 Å². The van der Waals surface area contributed by atoms with Crippen molar-refractivity contribution in [3.8, 4) is 0 Å². The first-order valence-corrected chi connectivity index (χ1v) is 6.91. The minimum Gasteiger partial charge on any atom is -0.465 e. The average Bonchev–Trinajstić information content (AvgIpc) is 2.36. The van der Waals surface area contributed by atoms with Crippen molar-refractivity contribution in [3.63, 3.8) is 0 Å². The number of carbonyl (C=O) groups excluding carboxylic acids is 2. The summed E-state index contributed by atoms with van der Waals surface area (Å²) < 4.78 is 5.01. The van der Waals surface area contributed by atoms with E-state index in [0.717, 1.165) is 32.1 Å². The maximum absolute atomic E-state index is 12.3. The number of Topliss-reactive ketones (excluding diaryl/α,β-unsaturated/α-hetero) is 1. The second-order valence-corrected chi connectivity index (χ2v) is 4.83. The van der Waals surface area contributed by atoms with E-state index in [1.807, 2.05) is 6.92 Å². The van der Waals surface area contributed by atoms with Crippen molar-refractivity contribution in [2.45, 2.75) is 58.8 Å². The first-order valence-electron chi connectivity index (χ1n) is 6.91. The lowest BCUT2D eigenvalue weighted by Gasteiger charge is -2.24. The molecule has 0 saturated heterocycles. The number of ketones is 1. The molecule has 1 aliphatic carbocycles. The van der Waals surface area contributed by atoms with Crippen LogP contribution in [0.1, 0.15) is 58.8 Å². The number of rotatable bonds is 6. The maximum Gasteiger partial charge on any atom is 0.316 e. The SMILES string of the molecule is CCCC(C(=O)OCC)C(=O)C1CCCCC1. The predicted molar refractivity (Wildman–Crippen MR) is 66.6 cm³/mol. The van der Waals surface area contributed by atoms with Crippen LogP contribution in [0.5, 0.6) is 0 Å². The number of esters is 1. The van der Waals surface area contributed by atoms with Gasteiger partial charge in [-0.25, -0.2) is 0 Å². The Kier molecular flexibility index (Phi) is 6.23. The highest BCUT2D eigenvalue weighted by Crippen LogP contribution is 2.28. The largest absolute Gasteiger partial charge is 0.465 e. The van der Waals surface area contributed by atoms with Gasteiger partial charge in [-0.1, -0.05) is 32.6 Å². The fraction of sp³-hybridized carbons (Fsp3) is 0.857. The van der Waals surface area contributed by atoms with Gasteiger partial charge in [0.2, 0.25) is 0 Å². The van der Waals surface area contributed by atoms with E-state index < -0.39 is 5.92 Å². The topological polar surface area (TPSA) is 43.4 Å². The van der Waals surface area contributed by atoms with Crippen LogP contribution in [0.25, 0.3) is 0 Å². The Morgan fingerprint density at radius 3 is 2.35 bits per heavy atom. The molecule has 1 rings (SSSR count). The predicted octanol–water partition coefficient (Wildman–Crippen LogP) is 3.12. The summed E-state index contributed by atoms with van der Waals surface area (Å²) in [4.78, 5) is 24.1. The van der Waals surface area contributed by atoms with Gasteiger partial charge < -0.3 is 4.74 Å². The van der Waals surface area contributed by atoms with Crippen LogP contribution >= 0.6 is 0 Å². The molecule has 0 aromatic carbocycles. The van der Waals surface area contributed by atoms with E-state index in [9.17, 15) is 9.59 Å². The molecule has 0 spiro atoms. The van der Waals surface area contributed by atoms with Crippen LogP contribution in [0.4, 0.5) is 0 Å². The molecule has 0 heterocycles. The van der Waals surface area contributed by atoms with Crippen LogP contribution < -0.4 is 0 Å². The fourth-order valence-electron chi connectivity index (χ4n) is 2.58. The fourth-order valence-corrected chi connectivity index (χ4v) is 2.58. The smallest absolute Gasteiger partial charge is 0.316 e. The van der Waals surface area contributed by atoms with E-state index >= 15 is 0 Å². The molecule has 1 saturated carbocycles. The molecule has 0 N–H and O–H groups in total. The van der Waals surface area contributed by atoms with Gasteiger partial charge >= 0.3 is 5.97 Å². The summed E-state index contributed by atoms with van der Waals surface area (Å²) in [7, 11) is 0. The molecule has 1 atom stereocenters. The maximum atomic E-state index is 12.3. The Morgan fingerprint density at radius 1 is 1.18 bits per heavy atom. The average molecular weight is 240 g/mol. The molecule has 98 valence electrons. The second-order valence-electron chi connectivity index (χ2n) is 4.83. The summed E-state index contributed by atoms with van der Waals surface area (Å²) in [6.07, 6.45) is 6.87. The van der Waals surface area contributed by atoms with Gasteiger partial charge in [-0.15, -0.1) is 0 Å². The number of hydrogen-bond acceptors (Lipinski definition) is 3. The molecule has 17 heavy (non-hydrogen) atoms. The number of hydrogen-bond donors (Lipinski definition) is 0. The molecule has 0 radical (unpaired) electrons. The van der Waals surface area contributed by atoms with Gasteiger partial charge in [-0.3, -0.25) is 9.59 Å². The van der Waals surface area contributed by atoms with Gasteiger partial charge in [0.05, 0.1) is 6.61 Å². The van der Waals surface area contributed by atoms with Gasteiger partial charge in [0.15, 0.2) is 0 Å². The Hall–Kier alpha value is -0.860. The monoisotopic (exact) mass is 240 g/mol. The standard InChI is InChI=1S/C14H24O3/c1-3-8-12(14(16)17-4-2)13(15)11-9-6-5-7-10-11/h11-12H,3-10H2,1-2H3. The van der Waals surface area contributed by atoms with Crippen molar-refractivity contribution in [2.24, 2.45) is 11.8 Å². The molecule has 3 heteroatoms. The third-order valence-electron chi connectivity index (χ3n) is 3.50. The molecular weight excluding hydrogens is 216 g/mol. The number of carbonyl (C=O) groups is 2. The second kappa shape index (κ2) is 7.46. The van der Waals surface area contributed by atoms with Gasteiger partial charge in [0, 0.05) is 5.92 Å². The highest BCUT2D eigenvalue weighted by molar-refractivity contribution is 6.00. The lowest BCUT2D eigenvalue weighted by Crippen LogP contribution is -2.32. The third kappa shape index (κ3) is 4.14. The quantitative estimate of drug-likeness (QED) is 0.529. The number of ether oxygens (including phenoxy) is 1. The van der Waals surface area contributed by atoms with Crippen molar-refractivity contribution in [1.29, 1.82) is 0 Å². The molecule has 0 amide bonds. The molecule has 0 bridgehead atoms. The highest BCUT2D eigenvalue weighted by Gasteiger charge is 2.33. The van der Waals surface area contributed by atoms with Gasteiger partial charge in [0.1, 0.15) is 11.7 Å². The summed E-state index contributed by atoms with van der Waals surface area (Å²) in [5.41, 5.74) is 0. The Labute approximate surface area is 104 Å². The highest BCUT2D eigenvalue weighted by atomic mass is 16.5. The van der Waals surface area contributed by atoms with E-state index in [1.165, 1.54) is 6.42 Å². The Bertz CT molecular complexity index is 254. The molecule has 0 aliphatic heterocycles. The van der Waals surface area contributed by atoms with Gasteiger partial charge in [-0.2, -0.15) is 0 Å². The van der Waals surface area contributed by atoms with Crippen LogP contribution in [-0.4, -0.2) is 18.4 Å². The molecule has 1 fully saturated rings. The summed E-state index contributed by atoms with van der Waals surface area (Å²) >= 11 is 0. The molecular formula is C14H24O3. The van der Waals surface area contributed by atoms with Crippen LogP contribution in [-0.2, 0) is 14.3 Å². The molecule has 1 aliphatic rings. The summed E-state index contributed by atoms with van der Waals surface area (Å²) in [6, 6.07) is 0. The minimum absolute atomic E-state index is 0.102. The van der Waals surface area contributed by atoms with E-state index in [-0.39, 0.29) is 17.7 Å². The van der Waals surface area contributed by atoms with Crippen LogP contribution in [0, 0.1) is 11.8 Å². The van der Waals surface area contributed by atoms with Crippen LogP contribution in [0.3, 0.4) is 0 Å². The van der Waals surface area contributed by atoms with E-state index in [2.05, 4.69) is 0 Å². The molecule has 1 unspecified atom stereocenters. The van der Waals surface area contributed by atoms with E-state index in [4.69, 9.17) is 4.74 Å². The molecule has 3 nitrogen and oxygen atoms in total. The van der Waals surface area contributed by atoms with Crippen molar-refractivity contribution >= 4 is 11.8 Å². The van der Waals surface area contributed by atoms with E-state index in [0.29, 0.717) is 13.0 Å². The lowest BCUT2D eigenvalue weighted by atomic mass is 9.80. The Morgan fingerprint density at radius 2 is 1.82 bits per heavy atom. The van der Waals surface area contributed by atoms with Crippen molar-refractivity contribution < 1.29 is 14.3 Å². The first-order chi connectivity index (χ1) is 8.20. The zero-order valence-electron chi connectivity index (χ0n) is 11.0. The van der Waals surface area contributed by atoms with Gasteiger partial charge in [0.25, 0.3) is 0 Å². The minimum atomic E-state index is -0.511. The van der Waals surface area contributed by atoms with Crippen LogP contribution in [0.2, 0.25) is 0 Å².